The van der Waals surface area contributed by atoms with Crippen molar-refractivity contribution in [3.05, 3.63) is 24.3 Å². The van der Waals surface area contributed by atoms with Crippen LogP contribution in [0.2, 0.25) is 0 Å². The molecule has 0 aliphatic carbocycles. The fourth-order valence-corrected chi connectivity index (χ4v) is 3.60. The van der Waals surface area contributed by atoms with E-state index in [0.29, 0.717) is 18.5 Å². The summed E-state index contributed by atoms with van der Waals surface area (Å²) in [7, 11) is 1.71. The summed E-state index contributed by atoms with van der Waals surface area (Å²) in [6.07, 6.45) is 4.91. The number of nitrogens with zero attached hydrogens (tertiary/aromatic N) is 1. The summed E-state index contributed by atoms with van der Waals surface area (Å²) >= 11 is 0. The van der Waals surface area contributed by atoms with Gasteiger partial charge in [0.1, 0.15) is 5.75 Å². The molecule has 1 amide bonds. The van der Waals surface area contributed by atoms with Gasteiger partial charge in [-0.2, -0.15) is 0 Å². The van der Waals surface area contributed by atoms with Gasteiger partial charge in [-0.05, 0) is 44.4 Å². The maximum atomic E-state index is 12.1. The van der Waals surface area contributed by atoms with Crippen LogP contribution in [-0.2, 0) is 4.79 Å². The van der Waals surface area contributed by atoms with Crippen LogP contribution < -0.4 is 20.3 Å². The number of ether oxygens (including phenoxy) is 1. The Kier molecular flexibility index (Phi) is 5.39. The van der Waals surface area contributed by atoms with Gasteiger partial charge >= 0.3 is 0 Å². The van der Waals surface area contributed by atoms with E-state index in [1.807, 2.05) is 18.2 Å². The molecule has 1 aromatic carbocycles. The van der Waals surface area contributed by atoms with Gasteiger partial charge in [0, 0.05) is 31.6 Å². The Bertz CT molecular complexity index is 521. The zero-order chi connectivity index (χ0) is 16.1. The number of rotatable bonds is 5. The third kappa shape index (κ3) is 4.16. The zero-order valence-electron chi connectivity index (χ0n) is 13.9. The van der Waals surface area contributed by atoms with Gasteiger partial charge in [-0.3, -0.25) is 4.79 Å². The molecular formula is C18H27N3O2. The molecule has 1 unspecified atom stereocenters. The number of piperidine rings is 1. The van der Waals surface area contributed by atoms with Crippen molar-refractivity contribution in [2.75, 3.05) is 31.6 Å². The number of carbonyl (C=O) groups is 1. The Balaban J connectivity index is 1.47. The number of para-hydroxylation sites is 2. The Labute approximate surface area is 138 Å². The Hall–Kier alpha value is -1.75. The van der Waals surface area contributed by atoms with Crippen molar-refractivity contribution in [1.82, 2.24) is 10.6 Å². The molecule has 2 N–H and O–H groups in total. The summed E-state index contributed by atoms with van der Waals surface area (Å²) in [6.45, 7) is 2.95. The molecule has 2 fully saturated rings. The second-order valence-electron chi connectivity index (χ2n) is 6.50. The van der Waals surface area contributed by atoms with E-state index >= 15 is 0 Å². The first kappa shape index (κ1) is 16.1. The van der Waals surface area contributed by atoms with Crippen molar-refractivity contribution in [3.63, 3.8) is 0 Å². The highest BCUT2D eigenvalue weighted by Gasteiger charge is 2.24. The van der Waals surface area contributed by atoms with Crippen LogP contribution in [0.3, 0.4) is 0 Å². The smallest absolute Gasteiger partial charge is 0.221 e. The molecule has 0 bridgehead atoms. The van der Waals surface area contributed by atoms with Gasteiger partial charge < -0.3 is 20.3 Å². The lowest BCUT2D eigenvalue weighted by molar-refractivity contribution is -0.122. The van der Waals surface area contributed by atoms with E-state index in [2.05, 4.69) is 21.6 Å². The van der Waals surface area contributed by atoms with Crippen molar-refractivity contribution in [2.45, 2.75) is 44.2 Å². The highest BCUT2D eigenvalue weighted by atomic mass is 16.5. The van der Waals surface area contributed by atoms with Crippen LogP contribution in [0.1, 0.15) is 32.1 Å². The summed E-state index contributed by atoms with van der Waals surface area (Å²) in [6, 6.07) is 8.81. The lowest BCUT2D eigenvalue weighted by Crippen LogP contribution is -2.45. The molecule has 2 saturated heterocycles. The summed E-state index contributed by atoms with van der Waals surface area (Å²) in [5.41, 5.74) is 1.15. The van der Waals surface area contributed by atoms with Crippen molar-refractivity contribution in [1.29, 1.82) is 0 Å². The molecule has 126 valence electrons. The van der Waals surface area contributed by atoms with Crippen LogP contribution in [0.4, 0.5) is 5.69 Å². The number of anilines is 1. The van der Waals surface area contributed by atoms with Crippen LogP contribution in [0, 0.1) is 0 Å². The van der Waals surface area contributed by atoms with Crippen LogP contribution in [0.5, 0.6) is 5.75 Å². The number of amides is 1. The number of methoxy groups -OCH3 is 1. The highest BCUT2D eigenvalue weighted by Crippen LogP contribution is 2.29. The minimum atomic E-state index is 0.195. The van der Waals surface area contributed by atoms with Crippen molar-refractivity contribution in [3.8, 4) is 5.75 Å². The molecule has 2 aliphatic rings. The van der Waals surface area contributed by atoms with Gasteiger partial charge in [0.15, 0.2) is 0 Å². The van der Waals surface area contributed by atoms with Crippen LogP contribution in [-0.4, -0.2) is 44.7 Å². The maximum Gasteiger partial charge on any atom is 0.221 e. The van der Waals surface area contributed by atoms with Gasteiger partial charge in [0.2, 0.25) is 5.91 Å². The second kappa shape index (κ2) is 7.68. The fourth-order valence-electron chi connectivity index (χ4n) is 3.60. The Morgan fingerprint density at radius 1 is 1.30 bits per heavy atom. The van der Waals surface area contributed by atoms with Crippen molar-refractivity contribution < 1.29 is 9.53 Å². The first-order valence-electron chi connectivity index (χ1n) is 8.67. The molecule has 1 atom stereocenters. The van der Waals surface area contributed by atoms with E-state index < -0.39 is 0 Å². The zero-order valence-corrected chi connectivity index (χ0v) is 13.9. The normalized spacial score (nSPS) is 22.1. The molecule has 0 aromatic heterocycles. The van der Waals surface area contributed by atoms with Gasteiger partial charge in [-0.15, -0.1) is 0 Å². The van der Waals surface area contributed by atoms with Gasteiger partial charge in [-0.1, -0.05) is 12.1 Å². The predicted molar refractivity (Wildman–Crippen MR) is 92.0 cm³/mol. The number of hydrogen-bond acceptors (Lipinski definition) is 4. The molecule has 1 aromatic rings. The van der Waals surface area contributed by atoms with E-state index in [1.54, 1.807) is 7.11 Å². The van der Waals surface area contributed by atoms with E-state index in [0.717, 1.165) is 50.3 Å². The number of benzene rings is 1. The number of hydrogen-bond donors (Lipinski definition) is 2. The van der Waals surface area contributed by atoms with E-state index in [4.69, 9.17) is 4.74 Å². The lowest BCUT2D eigenvalue weighted by Gasteiger charge is -2.34. The SMILES string of the molecule is COc1ccccc1N1CCC(NC(=O)CC2CCCN2)CC1. The Morgan fingerprint density at radius 2 is 2.09 bits per heavy atom. The molecule has 0 radical (unpaired) electrons. The average Bonchev–Trinajstić information content (AvgIpc) is 3.08. The Morgan fingerprint density at radius 3 is 2.78 bits per heavy atom. The third-order valence-electron chi connectivity index (χ3n) is 4.88. The lowest BCUT2D eigenvalue weighted by atomic mass is 10.0. The monoisotopic (exact) mass is 317 g/mol. The standard InChI is InChI=1S/C18H27N3O2/c1-23-17-7-3-2-6-16(17)21-11-8-14(9-12-21)20-18(22)13-15-5-4-10-19-15/h2-3,6-7,14-15,19H,4-5,8-13H2,1H3,(H,20,22). The number of carbonyl (C=O) groups excluding carboxylic acids is 1. The van der Waals surface area contributed by atoms with Crippen molar-refractivity contribution >= 4 is 11.6 Å². The van der Waals surface area contributed by atoms with E-state index in [1.165, 1.54) is 6.42 Å². The summed E-state index contributed by atoms with van der Waals surface area (Å²) in [5.74, 6) is 1.11. The molecule has 2 aliphatic heterocycles. The third-order valence-corrected chi connectivity index (χ3v) is 4.88. The topological polar surface area (TPSA) is 53.6 Å². The predicted octanol–water partition coefficient (Wildman–Crippen LogP) is 1.92. The molecule has 23 heavy (non-hydrogen) atoms. The van der Waals surface area contributed by atoms with Crippen LogP contribution in [0.25, 0.3) is 0 Å². The second-order valence-corrected chi connectivity index (χ2v) is 6.50. The van der Waals surface area contributed by atoms with E-state index in [9.17, 15) is 4.79 Å². The molecule has 5 heteroatoms. The molecule has 0 spiro atoms. The first-order valence-corrected chi connectivity index (χ1v) is 8.67. The fraction of sp³-hybridized carbons (Fsp3) is 0.611. The molecule has 0 saturated carbocycles. The minimum Gasteiger partial charge on any atom is -0.495 e. The quantitative estimate of drug-likeness (QED) is 0.871. The number of nitrogens with one attached hydrogen (secondary N) is 2. The molecule has 5 nitrogen and oxygen atoms in total. The van der Waals surface area contributed by atoms with Gasteiger partial charge in [-0.25, -0.2) is 0 Å². The summed E-state index contributed by atoms with van der Waals surface area (Å²) in [5, 5.41) is 6.59. The maximum absolute atomic E-state index is 12.1. The van der Waals surface area contributed by atoms with Crippen molar-refractivity contribution in [2.24, 2.45) is 0 Å². The molecule has 3 rings (SSSR count). The van der Waals surface area contributed by atoms with Gasteiger partial charge in [0.25, 0.3) is 0 Å². The van der Waals surface area contributed by atoms with Gasteiger partial charge in [0.05, 0.1) is 12.8 Å². The summed E-state index contributed by atoms with van der Waals surface area (Å²) < 4.78 is 5.45. The largest absolute Gasteiger partial charge is 0.495 e. The average molecular weight is 317 g/mol. The summed E-state index contributed by atoms with van der Waals surface area (Å²) in [4.78, 5) is 14.5. The van der Waals surface area contributed by atoms with Crippen LogP contribution >= 0.6 is 0 Å². The highest BCUT2D eigenvalue weighted by molar-refractivity contribution is 5.77. The molecule has 2 heterocycles. The molecular weight excluding hydrogens is 290 g/mol. The van der Waals surface area contributed by atoms with E-state index in [-0.39, 0.29) is 5.91 Å². The minimum absolute atomic E-state index is 0.195. The first-order chi connectivity index (χ1) is 11.3. The van der Waals surface area contributed by atoms with Crippen LogP contribution in [0.15, 0.2) is 24.3 Å².